The second-order valence-corrected chi connectivity index (χ2v) is 5.46. The largest absolute Gasteiger partial charge is 0.482 e. The monoisotopic (exact) mass is 351 g/mol. The summed E-state index contributed by atoms with van der Waals surface area (Å²) in [6.45, 7) is 0.00367. The van der Waals surface area contributed by atoms with E-state index in [1.165, 1.54) is 0 Å². The highest BCUT2D eigenvalue weighted by Gasteiger charge is 2.18. The van der Waals surface area contributed by atoms with Crippen molar-refractivity contribution in [3.63, 3.8) is 0 Å². The minimum atomic E-state index is -0.328. The third kappa shape index (κ3) is 3.22. The van der Waals surface area contributed by atoms with Gasteiger partial charge in [-0.25, -0.2) is 0 Å². The molecule has 0 saturated carbocycles. The zero-order chi connectivity index (χ0) is 17.9. The number of fused-ring (bicyclic) bond motifs is 1. The van der Waals surface area contributed by atoms with Gasteiger partial charge in [-0.05, 0) is 30.3 Å². The number of carbonyl (C=O) groups excluding carboxylic acids is 2. The van der Waals surface area contributed by atoms with Crippen molar-refractivity contribution in [2.75, 3.05) is 11.9 Å². The second-order valence-electron chi connectivity index (χ2n) is 5.46. The number of nitrogens with zero attached hydrogens (tertiary/aromatic N) is 3. The summed E-state index contributed by atoms with van der Waals surface area (Å²) in [5.41, 5.74) is 1.52. The van der Waals surface area contributed by atoms with Gasteiger partial charge in [-0.1, -0.05) is 11.2 Å². The second kappa shape index (κ2) is 6.63. The van der Waals surface area contributed by atoms with Crippen LogP contribution in [0.2, 0.25) is 0 Å². The molecule has 3 aromatic rings. The lowest BCUT2D eigenvalue weighted by Crippen LogP contribution is -2.26. The van der Waals surface area contributed by atoms with Crippen LogP contribution in [0.25, 0.3) is 11.5 Å². The van der Waals surface area contributed by atoms with Gasteiger partial charge in [0.1, 0.15) is 11.4 Å². The third-order valence-electron chi connectivity index (χ3n) is 3.64. The van der Waals surface area contributed by atoms with E-state index >= 15 is 0 Å². The number of aromatic nitrogens is 3. The van der Waals surface area contributed by atoms with Crippen molar-refractivity contribution in [3.05, 3.63) is 54.0 Å². The number of amides is 2. The smallest absolute Gasteiger partial charge is 0.262 e. The van der Waals surface area contributed by atoms with Crippen LogP contribution in [0.1, 0.15) is 16.2 Å². The van der Waals surface area contributed by atoms with E-state index < -0.39 is 0 Å². The van der Waals surface area contributed by atoms with Crippen molar-refractivity contribution in [3.8, 4) is 17.3 Å². The number of anilines is 1. The van der Waals surface area contributed by atoms with Gasteiger partial charge in [0.15, 0.2) is 6.61 Å². The first-order valence-electron chi connectivity index (χ1n) is 7.78. The summed E-state index contributed by atoms with van der Waals surface area (Å²) in [5.74, 6) is 0.515. The van der Waals surface area contributed by atoms with Crippen molar-refractivity contribution in [2.24, 2.45) is 0 Å². The highest BCUT2D eigenvalue weighted by atomic mass is 16.5. The first-order valence-corrected chi connectivity index (χ1v) is 7.78. The summed E-state index contributed by atoms with van der Waals surface area (Å²) in [7, 11) is 0. The molecular weight excluding hydrogens is 338 g/mol. The van der Waals surface area contributed by atoms with Gasteiger partial charge in [-0.3, -0.25) is 14.6 Å². The van der Waals surface area contributed by atoms with Gasteiger partial charge in [0.2, 0.25) is 11.7 Å². The standard InChI is InChI=1S/C17H13N5O4/c23-14-9-25-13-7-10(4-5-11(13)20-14)17(24)19-8-15-21-16(22-26-15)12-3-1-2-6-18-12/h1-7H,8-9H2,(H,19,24)(H,20,23). The molecule has 0 fully saturated rings. The van der Waals surface area contributed by atoms with E-state index in [9.17, 15) is 9.59 Å². The molecule has 0 atom stereocenters. The van der Waals surface area contributed by atoms with Gasteiger partial charge in [-0.15, -0.1) is 0 Å². The number of carbonyl (C=O) groups is 2. The first-order chi connectivity index (χ1) is 12.7. The van der Waals surface area contributed by atoms with Crippen LogP contribution in [-0.4, -0.2) is 33.5 Å². The zero-order valence-corrected chi connectivity index (χ0v) is 13.4. The molecule has 1 aromatic carbocycles. The topological polar surface area (TPSA) is 119 Å². The fourth-order valence-electron chi connectivity index (χ4n) is 2.40. The molecule has 26 heavy (non-hydrogen) atoms. The lowest BCUT2D eigenvalue weighted by atomic mass is 10.1. The summed E-state index contributed by atoms with van der Waals surface area (Å²) in [6.07, 6.45) is 1.63. The van der Waals surface area contributed by atoms with E-state index in [1.54, 1.807) is 36.5 Å². The number of hydrogen-bond donors (Lipinski definition) is 2. The van der Waals surface area contributed by atoms with Gasteiger partial charge >= 0.3 is 0 Å². The Balaban J connectivity index is 1.42. The van der Waals surface area contributed by atoms with Gasteiger partial charge in [0.25, 0.3) is 11.8 Å². The SMILES string of the molecule is O=C1COc2cc(C(=O)NCc3nc(-c4ccccn4)no3)ccc2N1. The Kier molecular flexibility index (Phi) is 4.02. The van der Waals surface area contributed by atoms with Crippen LogP contribution >= 0.6 is 0 Å². The summed E-state index contributed by atoms with van der Waals surface area (Å²) < 4.78 is 10.4. The van der Waals surface area contributed by atoms with Crippen LogP contribution < -0.4 is 15.4 Å². The third-order valence-corrected chi connectivity index (χ3v) is 3.64. The Morgan fingerprint density at radius 1 is 1.27 bits per heavy atom. The molecule has 0 radical (unpaired) electrons. The van der Waals surface area contributed by atoms with Crippen LogP contribution in [0, 0.1) is 0 Å². The van der Waals surface area contributed by atoms with Crippen LogP contribution in [-0.2, 0) is 11.3 Å². The molecule has 4 rings (SSSR count). The lowest BCUT2D eigenvalue weighted by Gasteiger charge is -2.18. The van der Waals surface area contributed by atoms with Crippen LogP contribution in [0.5, 0.6) is 5.75 Å². The summed E-state index contributed by atoms with van der Waals surface area (Å²) in [4.78, 5) is 31.9. The number of ether oxygens (including phenoxy) is 1. The fourth-order valence-corrected chi connectivity index (χ4v) is 2.40. The molecule has 2 N–H and O–H groups in total. The predicted octanol–water partition coefficient (Wildman–Crippen LogP) is 1.39. The number of rotatable bonds is 4. The van der Waals surface area contributed by atoms with Crippen molar-refractivity contribution in [1.82, 2.24) is 20.4 Å². The maximum Gasteiger partial charge on any atom is 0.262 e. The van der Waals surface area contributed by atoms with Gasteiger partial charge in [0.05, 0.1) is 12.2 Å². The van der Waals surface area contributed by atoms with Crippen molar-refractivity contribution < 1.29 is 18.8 Å². The molecule has 1 aliphatic rings. The molecule has 2 amide bonds. The maximum atomic E-state index is 12.3. The number of hydrogen-bond acceptors (Lipinski definition) is 7. The molecule has 130 valence electrons. The van der Waals surface area contributed by atoms with Gasteiger partial charge in [0, 0.05) is 11.8 Å². The van der Waals surface area contributed by atoms with Crippen LogP contribution in [0.3, 0.4) is 0 Å². The van der Waals surface area contributed by atoms with E-state index in [2.05, 4.69) is 25.8 Å². The number of nitrogens with one attached hydrogen (secondary N) is 2. The molecule has 3 heterocycles. The van der Waals surface area contributed by atoms with Crippen LogP contribution in [0.15, 0.2) is 47.1 Å². The summed E-state index contributed by atoms with van der Waals surface area (Å²) >= 11 is 0. The molecular formula is C17H13N5O4. The van der Waals surface area contributed by atoms with Crippen molar-refractivity contribution >= 4 is 17.5 Å². The number of benzene rings is 1. The van der Waals surface area contributed by atoms with Gasteiger partial charge in [-0.2, -0.15) is 4.98 Å². The molecule has 0 saturated heterocycles. The Hall–Kier alpha value is -3.75. The Labute approximate surface area is 147 Å². The van der Waals surface area contributed by atoms with Crippen LogP contribution in [0.4, 0.5) is 5.69 Å². The molecule has 0 aliphatic carbocycles. The Morgan fingerprint density at radius 2 is 2.19 bits per heavy atom. The first kappa shape index (κ1) is 15.8. The minimum absolute atomic E-state index is 0.0731. The maximum absolute atomic E-state index is 12.3. The quantitative estimate of drug-likeness (QED) is 0.729. The highest BCUT2D eigenvalue weighted by Crippen LogP contribution is 2.28. The Bertz CT molecular complexity index is 970. The van der Waals surface area contributed by atoms with E-state index in [-0.39, 0.29) is 30.9 Å². The Morgan fingerprint density at radius 3 is 3.04 bits per heavy atom. The molecule has 0 spiro atoms. The normalized spacial score (nSPS) is 12.7. The molecule has 1 aliphatic heterocycles. The van der Waals surface area contributed by atoms with Gasteiger partial charge < -0.3 is 19.9 Å². The number of pyridine rings is 1. The summed E-state index contributed by atoms with van der Waals surface area (Å²) in [6, 6.07) is 10.2. The molecule has 9 nitrogen and oxygen atoms in total. The average Bonchev–Trinajstić information content (AvgIpc) is 3.15. The summed E-state index contributed by atoms with van der Waals surface area (Å²) in [5, 5.41) is 9.21. The molecule has 9 heteroatoms. The fraction of sp³-hybridized carbons (Fsp3) is 0.118. The highest BCUT2D eigenvalue weighted by molar-refractivity contribution is 5.98. The minimum Gasteiger partial charge on any atom is -0.482 e. The van der Waals surface area contributed by atoms with E-state index in [4.69, 9.17) is 9.26 Å². The van der Waals surface area contributed by atoms with E-state index in [0.29, 0.717) is 28.5 Å². The van der Waals surface area contributed by atoms with E-state index in [1.807, 2.05) is 6.07 Å². The molecule has 2 aromatic heterocycles. The van der Waals surface area contributed by atoms with Crippen molar-refractivity contribution in [1.29, 1.82) is 0 Å². The molecule has 0 bridgehead atoms. The molecule has 0 unspecified atom stereocenters. The lowest BCUT2D eigenvalue weighted by molar-refractivity contribution is -0.118. The average molecular weight is 351 g/mol. The van der Waals surface area contributed by atoms with E-state index in [0.717, 1.165) is 0 Å². The van der Waals surface area contributed by atoms with Crippen molar-refractivity contribution in [2.45, 2.75) is 6.54 Å². The zero-order valence-electron chi connectivity index (χ0n) is 13.4. The predicted molar refractivity (Wildman–Crippen MR) is 89.3 cm³/mol.